The van der Waals surface area contributed by atoms with Crippen LogP contribution in [0.15, 0.2) is 48.5 Å². The van der Waals surface area contributed by atoms with Crippen LogP contribution in [-0.2, 0) is 14.4 Å². The van der Waals surface area contributed by atoms with Crippen LogP contribution >= 0.6 is 0 Å². The Morgan fingerprint density at radius 3 is 1.42 bits per heavy atom. The summed E-state index contributed by atoms with van der Waals surface area (Å²) in [5, 5.41) is 8.13. The minimum atomic E-state index is -1.26. The molecule has 3 amide bonds. The van der Waals surface area contributed by atoms with Crippen LogP contribution in [-0.4, -0.2) is 17.7 Å². The van der Waals surface area contributed by atoms with E-state index in [-0.39, 0.29) is 5.91 Å². The molecule has 2 aromatic carbocycles. The molecule has 0 heterocycles. The Labute approximate surface area is 153 Å². The Morgan fingerprint density at radius 2 is 1.04 bits per heavy atom. The quantitative estimate of drug-likeness (QED) is 0.718. The standard InChI is InChI=1S/C20H23N3O3/c1-13-5-7-16(8-6-13)22-18(25)20(3,4)19(26)23-17-11-9-15(10-12-17)21-14(2)24/h5-12H,1-4H3,(H,21,24)(H,22,25)(H,23,26). The van der Waals surface area contributed by atoms with E-state index >= 15 is 0 Å². The molecular weight excluding hydrogens is 330 g/mol. The van der Waals surface area contributed by atoms with Crippen molar-refractivity contribution in [2.24, 2.45) is 5.41 Å². The number of carbonyl (C=O) groups excluding carboxylic acids is 3. The van der Waals surface area contributed by atoms with Crippen molar-refractivity contribution in [2.45, 2.75) is 27.7 Å². The van der Waals surface area contributed by atoms with Crippen molar-refractivity contribution >= 4 is 34.8 Å². The second-order valence-electron chi connectivity index (χ2n) is 6.66. The maximum Gasteiger partial charge on any atom is 0.239 e. The average molecular weight is 353 g/mol. The zero-order valence-electron chi connectivity index (χ0n) is 15.3. The highest BCUT2D eigenvalue weighted by Gasteiger charge is 2.36. The predicted molar refractivity (Wildman–Crippen MR) is 103 cm³/mol. The Balaban J connectivity index is 2.02. The molecule has 0 aliphatic heterocycles. The summed E-state index contributed by atoms with van der Waals surface area (Å²) in [5.41, 5.74) is 1.64. The van der Waals surface area contributed by atoms with Crippen LogP contribution < -0.4 is 16.0 Å². The Bertz CT molecular complexity index is 809. The second kappa shape index (κ2) is 7.82. The van der Waals surface area contributed by atoms with Crippen molar-refractivity contribution < 1.29 is 14.4 Å². The fourth-order valence-corrected chi connectivity index (χ4v) is 2.15. The molecule has 0 atom stereocenters. The lowest BCUT2D eigenvalue weighted by molar-refractivity contribution is -0.135. The first-order valence-electron chi connectivity index (χ1n) is 8.26. The van der Waals surface area contributed by atoms with E-state index in [2.05, 4.69) is 16.0 Å². The molecular formula is C20H23N3O3. The summed E-state index contributed by atoms with van der Waals surface area (Å²) in [5.74, 6) is -0.987. The van der Waals surface area contributed by atoms with Crippen molar-refractivity contribution in [3.8, 4) is 0 Å². The number of nitrogens with one attached hydrogen (secondary N) is 3. The van der Waals surface area contributed by atoms with Crippen LogP contribution in [0.4, 0.5) is 17.1 Å². The highest BCUT2D eigenvalue weighted by molar-refractivity contribution is 6.14. The van der Waals surface area contributed by atoms with E-state index in [9.17, 15) is 14.4 Å². The molecule has 0 aromatic heterocycles. The lowest BCUT2D eigenvalue weighted by Crippen LogP contribution is -2.41. The summed E-state index contributed by atoms with van der Waals surface area (Å²) in [6, 6.07) is 14.0. The summed E-state index contributed by atoms with van der Waals surface area (Å²) in [7, 11) is 0. The first-order chi connectivity index (χ1) is 12.2. The zero-order valence-corrected chi connectivity index (χ0v) is 15.3. The SMILES string of the molecule is CC(=O)Nc1ccc(NC(=O)C(C)(C)C(=O)Nc2ccc(C)cc2)cc1. The topological polar surface area (TPSA) is 87.3 Å². The molecule has 0 aliphatic rings. The number of carbonyl (C=O) groups is 3. The van der Waals surface area contributed by atoms with Gasteiger partial charge in [-0.25, -0.2) is 0 Å². The molecule has 6 heteroatoms. The normalized spacial score (nSPS) is 10.8. The Hall–Kier alpha value is -3.15. The number of rotatable bonds is 5. The lowest BCUT2D eigenvalue weighted by atomic mass is 9.90. The maximum absolute atomic E-state index is 12.5. The third-order valence-electron chi connectivity index (χ3n) is 3.91. The van der Waals surface area contributed by atoms with Crippen LogP contribution in [0.1, 0.15) is 26.3 Å². The molecule has 26 heavy (non-hydrogen) atoms. The molecule has 0 aliphatic carbocycles. The van der Waals surface area contributed by atoms with Gasteiger partial charge in [-0.2, -0.15) is 0 Å². The van der Waals surface area contributed by atoms with Gasteiger partial charge in [0.05, 0.1) is 0 Å². The fraction of sp³-hybridized carbons (Fsp3) is 0.250. The molecule has 2 rings (SSSR count). The van der Waals surface area contributed by atoms with Crippen LogP contribution in [0.3, 0.4) is 0 Å². The van der Waals surface area contributed by atoms with E-state index in [0.29, 0.717) is 17.1 Å². The summed E-state index contributed by atoms with van der Waals surface area (Å²) < 4.78 is 0. The third-order valence-corrected chi connectivity index (χ3v) is 3.91. The van der Waals surface area contributed by atoms with Crippen LogP contribution in [0.25, 0.3) is 0 Å². The van der Waals surface area contributed by atoms with Gasteiger partial charge in [-0.15, -0.1) is 0 Å². The Morgan fingerprint density at radius 1 is 0.692 bits per heavy atom. The molecule has 6 nitrogen and oxygen atoms in total. The van der Waals surface area contributed by atoms with Gasteiger partial charge in [-0.1, -0.05) is 17.7 Å². The van der Waals surface area contributed by atoms with Crippen LogP contribution in [0.2, 0.25) is 0 Å². The van der Waals surface area contributed by atoms with Gasteiger partial charge in [0.1, 0.15) is 5.41 Å². The summed E-state index contributed by atoms with van der Waals surface area (Å²) in [4.78, 5) is 36.1. The molecule has 3 N–H and O–H groups in total. The van der Waals surface area contributed by atoms with Gasteiger partial charge in [0.15, 0.2) is 0 Å². The molecule has 0 saturated carbocycles. The first-order valence-corrected chi connectivity index (χ1v) is 8.26. The molecule has 0 unspecified atom stereocenters. The van der Waals surface area contributed by atoms with E-state index in [0.717, 1.165) is 5.56 Å². The lowest BCUT2D eigenvalue weighted by Gasteiger charge is -2.23. The van der Waals surface area contributed by atoms with E-state index in [1.165, 1.54) is 6.92 Å². The zero-order chi connectivity index (χ0) is 19.3. The van der Waals surface area contributed by atoms with Gasteiger partial charge in [-0.05, 0) is 57.2 Å². The van der Waals surface area contributed by atoms with Crippen LogP contribution in [0.5, 0.6) is 0 Å². The molecule has 0 saturated heterocycles. The van der Waals surface area contributed by atoms with Gasteiger partial charge in [0.2, 0.25) is 17.7 Å². The summed E-state index contributed by atoms with van der Waals surface area (Å²) in [6.45, 7) is 6.51. The number of benzene rings is 2. The van der Waals surface area contributed by atoms with Gasteiger partial charge in [-0.3, -0.25) is 14.4 Å². The number of aryl methyl sites for hydroxylation is 1. The van der Waals surface area contributed by atoms with Crippen molar-refractivity contribution in [1.29, 1.82) is 0 Å². The summed E-state index contributed by atoms with van der Waals surface area (Å²) in [6.07, 6.45) is 0. The molecule has 0 radical (unpaired) electrons. The molecule has 0 bridgehead atoms. The third kappa shape index (κ3) is 4.92. The van der Waals surface area contributed by atoms with Gasteiger partial charge < -0.3 is 16.0 Å². The number of anilines is 3. The Kier molecular flexibility index (Phi) is 5.77. The number of hydrogen-bond acceptors (Lipinski definition) is 3. The predicted octanol–water partition coefficient (Wildman–Crippen LogP) is 3.56. The van der Waals surface area contributed by atoms with E-state index in [4.69, 9.17) is 0 Å². The molecule has 0 spiro atoms. The average Bonchev–Trinajstić information content (AvgIpc) is 2.58. The monoisotopic (exact) mass is 353 g/mol. The minimum Gasteiger partial charge on any atom is -0.326 e. The smallest absolute Gasteiger partial charge is 0.239 e. The molecule has 0 fully saturated rings. The molecule has 136 valence electrons. The van der Waals surface area contributed by atoms with Gasteiger partial charge in [0.25, 0.3) is 0 Å². The van der Waals surface area contributed by atoms with Crippen molar-refractivity contribution in [2.75, 3.05) is 16.0 Å². The van der Waals surface area contributed by atoms with E-state index in [1.807, 2.05) is 19.1 Å². The second-order valence-corrected chi connectivity index (χ2v) is 6.66. The van der Waals surface area contributed by atoms with E-state index in [1.54, 1.807) is 50.2 Å². The van der Waals surface area contributed by atoms with Gasteiger partial charge in [0, 0.05) is 24.0 Å². The van der Waals surface area contributed by atoms with Crippen molar-refractivity contribution in [3.05, 3.63) is 54.1 Å². The van der Waals surface area contributed by atoms with Crippen molar-refractivity contribution in [1.82, 2.24) is 0 Å². The maximum atomic E-state index is 12.5. The molecule has 2 aromatic rings. The van der Waals surface area contributed by atoms with Crippen LogP contribution in [0, 0.1) is 12.3 Å². The van der Waals surface area contributed by atoms with Gasteiger partial charge >= 0.3 is 0 Å². The minimum absolute atomic E-state index is 0.171. The fourth-order valence-electron chi connectivity index (χ4n) is 2.15. The number of amides is 3. The largest absolute Gasteiger partial charge is 0.326 e. The summed E-state index contributed by atoms with van der Waals surface area (Å²) >= 11 is 0. The first kappa shape index (κ1) is 19.2. The highest BCUT2D eigenvalue weighted by atomic mass is 16.2. The number of hydrogen-bond donors (Lipinski definition) is 3. The van der Waals surface area contributed by atoms with E-state index < -0.39 is 17.2 Å². The highest BCUT2D eigenvalue weighted by Crippen LogP contribution is 2.22. The van der Waals surface area contributed by atoms with Crippen molar-refractivity contribution in [3.63, 3.8) is 0 Å².